The maximum atomic E-state index is 2.44. The minimum Gasteiger partial charge on any atom is -0.310 e. The second-order valence-electron chi connectivity index (χ2n) is 23.8. The van der Waals surface area contributed by atoms with Crippen molar-refractivity contribution in [2.45, 2.75) is 0 Å². The Morgan fingerprint density at radius 1 is 0.121 bits per heavy atom. The number of hydrogen-bond acceptors (Lipinski definition) is 1. The zero-order chi connectivity index (χ0) is 60.2. The Kier molecular flexibility index (Phi) is 13.3. The molecule has 424 valence electrons. The van der Waals surface area contributed by atoms with Gasteiger partial charge in [-0.2, -0.15) is 0 Å². The zero-order valence-electron chi connectivity index (χ0n) is 50.0. The fourth-order valence-electron chi connectivity index (χ4n) is 14.6. The van der Waals surface area contributed by atoms with Gasteiger partial charge in [0, 0.05) is 17.1 Å². The summed E-state index contributed by atoms with van der Waals surface area (Å²) in [6.45, 7) is 0. The molecule has 0 aliphatic carbocycles. The Morgan fingerprint density at radius 2 is 0.319 bits per heavy atom. The average molecular weight is 1150 g/mol. The molecule has 0 aromatic heterocycles. The van der Waals surface area contributed by atoms with Gasteiger partial charge in [0.05, 0.1) is 0 Å². The fraction of sp³-hybridized carbons (Fsp3) is 0. The molecule has 0 unspecified atom stereocenters. The van der Waals surface area contributed by atoms with Gasteiger partial charge in [0.1, 0.15) is 0 Å². The molecule has 17 aromatic rings. The lowest BCUT2D eigenvalue weighted by Crippen LogP contribution is -2.10. The molecule has 1 nitrogen and oxygen atoms in total. The van der Waals surface area contributed by atoms with Gasteiger partial charge in [-0.15, -0.1) is 0 Å². The van der Waals surface area contributed by atoms with Crippen LogP contribution < -0.4 is 4.90 Å². The Hall–Kier alpha value is -11.9. The van der Waals surface area contributed by atoms with Gasteiger partial charge in [-0.25, -0.2) is 0 Å². The molecule has 0 amide bonds. The lowest BCUT2D eigenvalue weighted by molar-refractivity contribution is 1.29. The molecule has 0 radical (unpaired) electrons. The highest BCUT2D eigenvalue weighted by Gasteiger charge is 2.23. The fourth-order valence-corrected chi connectivity index (χ4v) is 14.6. The molecule has 17 rings (SSSR count). The van der Waals surface area contributed by atoms with Crippen molar-refractivity contribution in [2.24, 2.45) is 0 Å². The summed E-state index contributed by atoms with van der Waals surface area (Å²) < 4.78 is 0. The van der Waals surface area contributed by atoms with E-state index in [1.54, 1.807) is 0 Å². The summed E-state index contributed by atoms with van der Waals surface area (Å²) in [5.41, 5.74) is 22.5. The summed E-state index contributed by atoms with van der Waals surface area (Å²) in [5, 5.41) is 14.8. The highest BCUT2D eigenvalue weighted by atomic mass is 15.1. The molecule has 0 saturated heterocycles. The number of hydrogen-bond donors (Lipinski definition) is 0. The third-order valence-electron chi connectivity index (χ3n) is 18.6. The highest BCUT2D eigenvalue weighted by molar-refractivity contribution is 6.25. The van der Waals surface area contributed by atoms with E-state index in [4.69, 9.17) is 0 Å². The van der Waals surface area contributed by atoms with Crippen LogP contribution in [0.3, 0.4) is 0 Å². The van der Waals surface area contributed by atoms with Crippen LogP contribution in [0.5, 0.6) is 0 Å². The van der Waals surface area contributed by atoms with Crippen molar-refractivity contribution in [3.63, 3.8) is 0 Å². The Bertz CT molecular complexity index is 5320. The van der Waals surface area contributed by atoms with Crippen LogP contribution in [0, 0.1) is 0 Å². The van der Waals surface area contributed by atoms with E-state index >= 15 is 0 Å². The van der Waals surface area contributed by atoms with Crippen LogP contribution in [0.25, 0.3) is 154 Å². The highest BCUT2D eigenvalue weighted by Crippen LogP contribution is 2.50. The van der Waals surface area contributed by atoms with Gasteiger partial charge in [-0.1, -0.05) is 309 Å². The quantitative estimate of drug-likeness (QED) is 0.117. The van der Waals surface area contributed by atoms with E-state index in [9.17, 15) is 0 Å². The summed E-state index contributed by atoms with van der Waals surface area (Å²) in [5.74, 6) is 0. The number of benzene rings is 17. The van der Waals surface area contributed by atoms with Crippen molar-refractivity contribution in [2.75, 3.05) is 4.90 Å². The molecule has 0 heterocycles. The van der Waals surface area contributed by atoms with Crippen LogP contribution in [0.1, 0.15) is 0 Å². The van der Waals surface area contributed by atoms with Crippen molar-refractivity contribution >= 4 is 81.7 Å². The normalized spacial score (nSPS) is 11.5. The molecule has 0 aliphatic rings. The largest absolute Gasteiger partial charge is 0.310 e. The zero-order valence-corrected chi connectivity index (χ0v) is 50.0. The molecule has 17 aromatic carbocycles. The molecular formula is C90H59N. The van der Waals surface area contributed by atoms with E-state index in [-0.39, 0.29) is 0 Å². The van der Waals surface area contributed by atoms with E-state index < -0.39 is 0 Å². The number of rotatable bonds is 11. The average Bonchev–Trinajstić information content (AvgIpc) is 0.940. The second kappa shape index (κ2) is 22.7. The molecule has 0 aliphatic heterocycles. The van der Waals surface area contributed by atoms with Crippen LogP contribution in [0.2, 0.25) is 0 Å². The lowest BCUT2D eigenvalue weighted by atomic mass is 9.85. The number of fused-ring (bicyclic) bond motifs is 6. The smallest absolute Gasteiger partial charge is 0.0468 e. The summed E-state index contributed by atoms with van der Waals surface area (Å²) in [4.78, 5) is 2.44. The SMILES string of the molecule is c1ccc(-c2c3ccccc3c(-c3ccccc3)c3cc(-c4ccc(N(c5ccc(-c6ccc7c(-c8ccccc8)c8ccccc8c(-c8ccccc8)c7c6)cc5)c5ccc6c(-c7ccccc7)c7ccccc7c(-c7ccccc7)c6c5)cc4)ccc23)cc1. The standard InChI is InChI=1S/C90H59N/c1-7-25-62(26-8-1)85-73-37-19-22-40-76(73)88(65-31-13-4-14-32-65)82-57-68(47-54-79(82)85)60-43-49-70(50-44-60)91(72-53-56-81-84(59-72)90(67-35-17-6-18-36-67)78-42-24-21-39-75(78)87(81)64-29-11-3-12-30-64)71-51-45-61(46-52-71)69-48-55-80-83(58-69)89(66-33-15-5-16-34-66)77-41-23-20-38-74(77)86(80)63-27-9-2-10-28-63/h1-59H. The topological polar surface area (TPSA) is 3.24 Å². The van der Waals surface area contributed by atoms with Gasteiger partial charge in [-0.05, 0) is 202 Å². The Morgan fingerprint density at radius 3 is 0.593 bits per heavy atom. The minimum absolute atomic E-state index is 1.06. The first kappa shape index (κ1) is 53.3. The number of anilines is 3. The third kappa shape index (κ3) is 9.34. The van der Waals surface area contributed by atoms with Crippen molar-refractivity contribution in [3.05, 3.63) is 358 Å². The van der Waals surface area contributed by atoms with Gasteiger partial charge in [0.2, 0.25) is 0 Å². The van der Waals surface area contributed by atoms with Gasteiger partial charge in [0.25, 0.3) is 0 Å². The Labute approximate surface area is 530 Å². The van der Waals surface area contributed by atoms with E-state index in [2.05, 4.69) is 363 Å². The van der Waals surface area contributed by atoms with E-state index in [0.717, 1.165) is 39.3 Å². The van der Waals surface area contributed by atoms with Crippen molar-refractivity contribution < 1.29 is 0 Å². The molecule has 0 atom stereocenters. The van der Waals surface area contributed by atoms with Crippen LogP contribution >= 0.6 is 0 Å². The van der Waals surface area contributed by atoms with Crippen molar-refractivity contribution in [1.82, 2.24) is 0 Å². The van der Waals surface area contributed by atoms with Crippen LogP contribution in [0.4, 0.5) is 17.1 Å². The maximum absolute atomic E-state index is 2.44. The summed E-state index contributed by atoms with van der Waals surface area (Å²) in [7, 11) is 0. The van der Waals surface area contributed by atoms with Crippen molar-refractivity contribution in [1.29, 1.82) is 0 Å². The summed E-state index contributed by atoms with van der Waals surface area (Å²) >= 11 is 0. The Balaban J connectivity index is 0.850. The maximum Gasteiger partial charge on any atom is 0.0468 e. The first-order chi connectivity index (χ1) is 45.2. The van der Waals surface area contributed by atoms with Gasteiger partial charge in [0.15, 0.2) is 0 Å². The van der Waals surface area contributed by atoms with E-state index in [0.29, 0.717) is 0 Å². The molecule has 91 heavy (non-hydrogen) atoms. The summed E-state index contributed by atoms with van der Waals surface area (Å²) in [6, 6.07) is 132. The first-order valence-electron chi connectivity index (χ1n) is 31.5. The van der Waals surface area contributed by atoms with Gasteiger partial charge in [-0.3, -0.25) is 0 Å². The summed E-state index contributed by atoms with van der Waals surface area (Å²) in [6.07, 6.45) is 0. The second-order valence-corrected chi connectivity index (χ2v) is 23.8. The van der Waals surface area contributed by atoms with Crippen LogP contribution in [-0.2, 0) is 0 Å². The molecular weight excluding hydrogens is 1090 g/mol. The predicted octanol–water partition coefficient (Wildman–Crippen LogP) is 25.4. The first-order valence-corrected chi connectivity index (χ1v) is 31.5. The van der Waals surface area contributed by atoms with E-state index in [1.165, 1.54) is 131 Å². The molecule has 1 heteroatoms. The molecule has 0 N–H and O–H groups in total. The minimum atomic E-state index is 1.06. The molecule has 0 fully saturated rings. The molecule has 0 spiro atoms. The third-order valence-corrected chi connectivity index (χ3v) is 18.6. The van der Waals surface area contributed by atoms with E-state index in [1.807, 2.05) is 0 Å². The molecule has 0 bridgehead atoms. The van der Waals surface area contributed by atoms with Gasteiger partial charge >= 0.3 is 0 Å². The molecule has 0 saturated carbocycles. The van der Waals surface area contributed by atoms with Crippen LogP contribution in [0.15, 0.2) is 358 Å². The monoisotopic (exact) mass is 1150 g/mol. The van der Waals surface area contributed by atoms with Gasteiger partial charge < -0.3 is 4.90 Å². The predicted molar refractivity (Wildman–Crippen MR) is 390 cm³/mol. The van der Waals surface area contributed by atoms with Crippen molar-refractivity contribution in [3.8, 4) is 89.0 Å². The number of nitrogens with zero attached hydrogens (tertiary/aromatic N) is 1. The van der Waals surface area contributed by atoms with Crippen LogP contribution in [-0.4, -0.2) is 0 Å². The lowest BCUT2D eigenvalue weighted by Gasteiger charge is -2.27.